The van der Waals surface area contributed by atoms with Gasteiger partial charge < -0.3 is 10.3 Å². The summed E-state index contributed by atoms with van der Waals surface area (Å²) in [6.45, 7) is 2.06. The first-order valence-corrected chi connectivity index (χ1v) is 7.44. The molecule has 1 saturated carbocycles. The number of hydrogen-bond acceptors (Lipinski definition) is 4. The van der Waals surface area contributed by atoms with Gasteiger partial charge in [0, 0.05) is 11.6 Å². The van der Waals surface area contributed by atoms with Crippen molar-refractivity contribution >= 4 is 11.6 Å². The van der Waals surface area contributed by atoms with E-state index >= 15 is 0 Å². The lowest BCUT2D eigenvalue weighted by molar-refractivity contribution is 0.203. The standard InChI is InChI=1S/C15H17ClFN3O/c1-15(7-3-2-4-12(15)18)14-19-13(20-21-14)10-6-5-9(17)8-11(10)16/h5-6,8,12H,2-4,7,18H2,1H3. The lowest BCUT2D eigenvalue weighted by Gasteiger charge is -2.35. The molecule has 2 aromatic rings. The Morgan fingerprint density at radius 3 is 2.95 bits per heavy atom. The summed E-state index contributed by atoms with van der Waals surface area (Å²) in [5.41, 5.74) is 6.49. The summed E-state index contributed by atoms with van der Waals surface area (Å²) in [5.74, 6) is 0.507. The second kappa shape index (κ2) is 5.39. The van der Waals surface area contributed by atoms with E-state index in [9.17, 15) is 4.39 Å². The summed E-state index contributed by atoms with van der Waals surface area (Å²) in [6, 6.07) is 4.12. The van der Waals surface area contributed by atoms with Crippen LogP contribution in [0.15, 0.2) is 22.7 Å². The van der Waals surface area contributed by atoms with E-state index in [1.807, 2.05) is 0 Å². The molecule has 4 nitrogen and oxygen atoms in total. The third-order valence-corrected chi connectivity index (χ3v) is 4.68. The number of rotatable bonds is 2. The molecule has 1 heterocycles. The van der Waals surface area contributed by atoms with Crippen LogP contribution < -0.4 is 5.73 Å². The predicted octanol–water partition coefficient (Wildman–Crippen LogP) is 3.69. The summed E-state index contributed by atoms with van der Waals surface area (Å²) in [7, 11) is 0. The summed E-state index contributed by atoms with van der Waals surface area (Å²) >= 11 is 6.04. The maximum absolute atomic E-state index is 13.1. The molecule has 21 heavy (non-hydrogen) atoms. The van der Waals surface area contributed by atoms with E-state index in [1.54, 1.807) is 6.07 Å². The van der Waals surface area contributed by atoms with Gasteiger partial charge in [-0.2, -0.15) is 4.98 Å². The van der Waals surface area contributed by atoms with E-state index in [0.29, 0.717) is 17.3 Å². The van der Waals surface area contributed by atoms with Crippen molar-refractivity contribution < 1.29 is 8.91 Å². The van der Waals surface area contributed by atoms with Gasteiger partial charge in [0.2, 0.25) is 11.7 Å². The molecule has 2 N–H and O–H groups in total. The molecule has 0 aliphatic heterocycles. The average Bonchev–Trinajstić information content (AvgIpc) is 2.92. The van der Waals surface area contributed by atoms with E-state index in [2.05, 4.69) is 17.1 Å². The van der Waals surface area contributed by atoms with Gasteiger partial charge in [-0.25, -0.2) is 4.39 Å². The number of nitrogens with two attached hydrogens (primary N) is 1. The Hall–Kier alpha value is -1.46. The van der Waals surface area contributed by atoms with Crippen LogP contribution >= 0.6 is 11.6 Å². The van der Waals surface area contributed by atoms with Gasteiger partial charge in [0.15, 0.2) is 0 Å². The highest BCUT2D eigenvalue weighted by atomic mass is 35.5. The SMILES string of the molecule is CC1(c2nc(-c3ccc(F)cc3Cl)no2)CCCCC1N. The fourth-order valence-electron chi connectivity index (χ4n) is 2.86. The molecule has 1 aromatic carbocycles. The quantitative estimate of drug-likeness (QED) is 0.919. The third kappa shape index (κ3) is 2.56. The molecule has 1 fully saturated rings. The molecule has 0 radical (unpaired) electrons. The Morgan fingerprint density at radius 1 is 1.43 bits per heavy atom. The molecule has 0 saturated heterocycles. The molecule has 0 bridgehead atoms. The van der Waals surface area contributed by atoms with Gasteiger partial charge in [-0.3, -0.25) is 0 Å². The Balaban J connectivity index is 1.96. The highest BCUT2D eigenvalue weighted by Gasteiger charge is 2.40. The molecule has 3 rings (SSSR count). The molecule has 1 aromatic heterocycles. The molecule has 1 aliphatic rings. The van der Waals surface area contributed by atoms with E-state index in [-0.39, 0.29) is 16.5 Å². The van der Waals surface area contributed by atoms with Crippen LogP contribution in [0.3, 0.4) is 0 Å². The smallest absolute Gasteiger partial charge is 0.234 e. The maximum Gasteiger partial charge on any atom is 0.234 e. The van der Waals surface area contributed by atoms with Crippen LogP contribution in [0.5, 0.6) is 0 Å². The van der Waals surface area contributed by atoms with Crippen LogP contribution in [0, 0.1) is 5.82 Å². The minimum absolute atomic E-state index is 0.00300. The Kier molecular flexibility index (Phi) is 3.71. The molecular formula is C15H17ClFN3O. The number of halogens is 2. The number of hydrogen-bond donors (Lipinski definition) is 1. The van der Waals surface area contributed by atoms with Gasteiger partial charge in [-0.05, 0) is 38.0 Å². The van der Waals surface area contributed by atoms with Crippen LogP contribution in [0.25, 0.3) is 11.4 Å². The summed E-state index contributed by atoms with van der Waals surface area (Å²) in [4.78, 5) is 4.45. The fraction of sp³-hybridized carbons (Fsp3) is 0.467. The second-order valence-electron chi connectivity index (χ2n) is 5.82. The Morgan fingerprint density at radius 2 is 2.24 bits per heavy atom. The minimum atomic E-state index is -0.395. The molecule has 0 amide bonds. The maximum atomic E-state index is 13.1. The Labute approximate surface area is 127 Å². The summed E-state index contributed by atoms with van der Waals surface area (Å²) in [5, 5.41) is 4.25. The van der Waals surface area contributed by atoms with E-state index < -0.39 is 5.82 Å². The van der Waals surface area contributed by atoms with Crippen molar-refractivity contribution in [3.8, 4) is 11.4 Å². The molecule has 1 aliphatic carbocycles. The largest absolute Gasteiger partial charge is 0.338 e. The molecular weight excluding hydrogens is 293 g/mol. The fourth-order valence-corrected chi connectivity index (χ4v) is 3.11. The van der Waals surface area contributed by atoms with Crippen LogP contribution in [0.4, 0.5) is 4.39 Å². The topological polar surface area (TPSA) is 64.9 Å². The lowest BCUT2D eigenvalue weighted by atomic mass is 9.72. The van der Waals surface area contributed by atoms with Gasteiger partial charge in [-0.1, -0.05) is 29.6 Å². The van der Waals surface area contributed by atoms with Crippen molar-refractivity contribution in [3.05, 3.63) is 34.9 Å². The van der Waals surface area contributed by atoms with Gasteiger partial charge in [0.1, 0.15) is 5.82 Å². The molecule has 2 atom stereocenters. The van der Waals surface area contributed by atoms with Gasteiger partial charge in [0.25, 0.3) is 0 Å². The van der Waals surface area contributed by atoms with Crippen molar-refractivity contribution in [1.82, 2.24) is 10.1 Å². The molecule has 2 unspecified atom stereocenters. The first kappa shape index (κ1) is 14.5. The van der Waals surface area contributed by atoms with Crippen LogP contribution in [0.2, 0.25) is 5.02 Å². The van der Waals surface area contributed by atoms with Gasteiger partial charge >= 0.3 is 0 Å². The third-order valence-electron chi connectivity index (χ3n) is 4.37. The number of aromatic nitrogens is 2. The van der Waals surface area contributed by atoms with Gasteiger partial charge in [0.05, 0.1) is 10.4 Å². The highest BCUT2D eigenvalue weighted by molar-refractivity contribution is 6.33. The Bertz CT molecular complexity index is 660. The normalized spacial score (nSPS) is 26.0. The van der Waals surface area contributed by atoms with Crippen molar-refractivity contribution in [2.45, 2.75) is 44.1 Å². The minimum Gasteiger partial charge on any atom is -0.338 e. The molecule has 112 valence electrons. The zero-order chi connectivity index (χ0) is 15.0. The zero-order valence-corrected chi connectivity index (χ0v) is 12.5. The van der Waals surface area contributed by atoms with Crippen LogP contribution in [-0.2, 0) is 5.41 Å². The van der Waals surface area contributed by atoms with E-state index in [0.717, 1.165) is 25.7 Å². The van der Waals surface area contributed by atoms with Crippen LogP contribution in [0.1, 0.15) is 38.5 Å². The van der Waals surface area contributed by atoms with Crippen molar-refractivity contribution in [3.63, 3.8) is 0 Å². The molecule has 6 heteroatoms. The van der Waals surface area contributed by atoms with Crippen molar-refractivity contribution in [2.24, 2.45) is 5.73 Å². The van der Waals surface area contributed by atoms with Gasteiger partial charge in [-0.15, -0.1) is 0 Å². The first-order chi connectivity index (χ1) is 10.0. The van der Waals surface area contributed by atoms with Crippen molar-refractivity contribution in [2.75, 3.05) is 0 Å². The summed E-state index contributed by atoms with van der Waals surface area (Å²) < 4.78 is 18.5. The lowest BCUT2D eigenvalue weighted by Crippen LogP contribution is -2.45. The van der Waals surface area contributed by atoms with Crippen LogP contribution in [-0.4, -0.2) is 16.2 Å². The average molecular weight is 310 g/mol. The summed E-state index contributed by atoms with van der Waals surface area (Å²) in [6.07, 6.45) is 4.10. The monoisotopic (exact) mass is 309 g/mol. The van der Waals surface area contributed by atoms with E-state index in [4.69, 9.17) is 21.9 Å². The van der Waals surface area contributed by atoms with Crippen molar-refractivity contribution in [1.29, 1.82) is 0 Å². The predicted molar refractivity (Wildman–Crippen MR) is 78.5 cm³/mol. The molecule has 0 spiro atoms. The van der Waals surface area contributed by atoms with E-state index in [1.165, 1.54) is 12.1 Å². The number of benzene rings is 1. The number of nitrogens with zero attached hydrogens (tertiary/aromatic N) is 2. The second-order valence-corrected chi connectivity index (χ2v) is 6.22. The zero-order valence-electron chi connectivity index (χ0n) is 11.8. The highest BCUT2D eigenvalue weighted by Crippen LogP contribution is 2.38. The first-order valence-electron chi connectivity index (χ1n) is 7.06.